The molecule has 210 valence electrons. The number of carbonyl (C=O) groups is 2. The minimum Gasteiger partial charge on any atom is -0.487 e. The molecule has 1 fully saturated rings. The standard InChI is InChI=1S/C26H35F3N4O5/c1-24(2)13-21(34)33(23(30)32-24)19(8-9-36-5)16-11-17(16)22(35)31-18-12-25(3,4)38-20-10-14(6-7-15(18)20)37-26(27,28)29/h6-7,10,16-19H,8-9,11-13H2,1-5H3,(H2,30,32)(H,31,35)/t16-,17-,18?,19-/m1/s1. The Morgan fingerprint density at radius 1 is 1.32 bits per heavy atom. The number of guanidine groups is 1. The highest BCUT2D eigenvalue weighted by Gasteiger charge is 2.52. The number of carbonyl (C=O) groups excluding carboxylic acids is 2. The maximum atomic E-state index is 13.4. The summed E-state index contributed by atoms with van der Waals surface area (Å²) in [6.45, 7) is 7.69. The average Bonchev–Trinajstić information content (AvgIpc) is 3.53. The number of halogens is 3. The van der Waals surface area contributed by atoms with E-state index in [2.05, 4.69) is 15.0 Å². The highest BCUT2D eigenvalue weighted by atomic mass is 19.4. The monoisotopic (exact) mass is 540 g/mol. The van der Waals surface area contributed by atoms with Crippen LogP contribution in [0, 0.1) is 11.8 Å². The Bertz CT molecular complexity index is 1120. The van der Waals surface area contributed by atoms with E-state index in [1.165, 1.54) is 23.1 Å². The van der Waals surface area contributed by atoms with Gasteiger partial charge in [0, 0.05) is 43.7 Å². The Kier molecular flexibility index (Phi) is 7.32. The number of benzene rings is 1. The summed E-state index contributed by atoms with van der Waals surface area (Å²) in [5.41, 5.74) is 5.46. The fraction of sp³-hybridized carbons (Fsp3) is 0.654. The summed E-state index contributed by atoms with van der Waals surface area (Å²) < 4.78 is 53.3. The summed E-state index contributed by atoms with van der Waals surface area (Å²) in [5.74, 6) is -0.822. The third-order valence-electron chi connectivity index (χ3n) is 7.13. The quantitative estimate of drug-likeness (QED) is 0.520. The predicted molar refractivity (Wildman–Crippen MR) is 132 cm³/mol. The Morgan fingerprint density at radius 3 is 2.66 bits per heavy atom. The molecule has 0 bridgehead atoms. The van der Waals surface area contributed by atoms with E-state index in [1.807, 2.05) is 13.8 Å². The van der Waals surface area contributed by atoms with Crippen LogP contribution in [-0.2, 0) is 14.3 Å². The van der Waals surface area contributed by atoms with Crippen LogP contribution in [0.2, 0.25) is 0 Å². The van der Waals surface area contributed by atoms with Gasteiger partial charge in [-0.15, -0.1) is 13.2 Å². The van der Waals surface area contributed by atoms with E-state index in [4.69, 9.17) is 15.2 Å². The predicted octanol–water partition coefficient (Wildman–Crippen LogP) is 3.67. The Labute approximate surface area is 219 Å². The number of alkyl halides is 3. The number of methoxy groups -OCH3 is 1. The second kappa shape index (κ2) is 9.94. The minimum absolute atomic E-state index is 0.126. The van der Waals surface area contributed by atoms with Crippen molar-refractivity contribution in [3.63, 3.8) is 0 Å². The summed E-state index contributed by atoms with van der Waals surface area (Å²) in [4.78, 5) is 32.4. The lowest BCUT2D eigenvalue weighted by Crippen LogP contribution is -2.55. The molecule has 12 heteroatoms. The summed E-state index contributed by atoms with van der Waals surface area (Å²) in [6, 6.07) is 3.07. The lowest BCUT2D eigenvalue weighted by atomic mass is 9.89. The Morgan fingerprint density at radius 2 is 2.03 bits per heavy atom. The molecule has 0 spiro atoms. The number of aliphatic imine (C=N–C) groups is 1. The highest BCUT2D eigenvalue weighted by molar-refractivity contribution is 5.99. The number of nitrogens with zero attached hydrogens (tertiary/aromatic N) is 2. The molecule has 1 aromatic carbocycles. The van der Waals surface area contributed by atoms with Crippen molar-refractivity contribution in [3.8, 4) is 11.5 Å². The van der Waals surface area contributed by atoms with E-state index in [-0.39, 0.29) is 47.8 Å². The highest BCUT2D eigenvalue weighted by Crippen LogP contribution is 2.47. The molecule has 1 unspecified atom stereocenters. The third kappa shape index (κ3) is 6.33. The number of amides is 2. The third-order valence-corrected chi connectivity index (χ3v) is 7.13. The van der Waals surface area contributed by atoms with Gasteiger partial charge in [0.05, 0.1) is 18.0 Å². The molecule has 1 saturated carbocycles. The van der Waals surface area contributed by atoms with Gasteiger partial charge in [-0.2, -0.15) is 0 Å². The van der Waals surface area contributed by atoms with Crippen LogP contribution in [-0.4, -0.2) is 59.9 Å². The van der Waals surface area contributed by atoms with Crippen molar-refractivity contribution in [2.24, 2.45) is 22.6 Å². The lowest BCUT2D eigenvalue weighted by Gasteiger charge is -2.38. The van der Waals surface area contributed by atoms with Gasteiger partial charge in [0.2, 0.25) is 11.8 Å². The van der Waals surface area contributed by atoms with Crippen molar-refractivity contribution in [2.75, 3.05) is 13.7 Å². The smallest absolute Gasteiger partial charge is 0.487 e. The lowest BCUT2D eigenvalue weighted by molar-refractivity contribution is -0.274. The van der Waals surface area contributed by atoms with Gasteiger partial charge in [-0.1, -0.05) is 0 Å². The summed E-state index contributed by atoms with van der Waals surface area (Å²) in [6.07, 6.45) is -3.11. The van der Waals surface area contributed by atoms with Crippen molar-refractivity contribution in [1.82, 2.24) is 10.2 Å². The molecular formula is C26H35F3N4O5. The zero-order valence-corrected chi connectivity index (χ0v) is 22.2. The fourth-order valence-corrected chi connectivity index (χ4v) is 5.49. The maximum absolute atomic E-state index is 13.4. The molecule has 1 aromatic rings. The van der Waals surface area contributed by atoms with Gasteiger partial charge in [-0.3, -0.25) is 14.5 Å². The first-order valence-electron chi connectivity index (χ1n) is 12.6. The van der Waals surface area contributed by atoms with Crippen LogP contribution in [0.15, 0.2) is 23.2 Å². The largest absolute Gasteiger partial charge is 0.573 e. The van der Waals surface area contributed by atoms with E-state index in [1.54, 1.807) is 21.0 Å². The normalized spacial score (nSPS) is 26.5. The first-order chi connectivity index (χ1) is 17.6. The van der Waals surface area contributed by atoms with Gasteiger partial charge in [0.25, 0.3) is 0 Å². The number of hydrogen-bond donors (Lipinski definition) is 2. The van der Waals surface area contributed by atoms with Crippen molar-refractivity contribution >= 4 is 17.8 Å². The van der Waals surface area contributed by atoms with E-state index in [0.29, 0.717) is 31.4 Å². The molecule has 9 nitrogen and oxygen atoms in total. The van der Waals surface area contributed by atoms with Crippen LogP contribution in [0.25, 0.3) is 0 Å². The van der Waals surface area contributed by atoms with Gasteiger partial charge in [-0.05, 0) is 58.6 Å². The number of ether oxygens (including phenoxy) is 3. The molecule has 0 saturated heterocycles. The number of nitrogens with two attached hydrogens (primary N) is 1. The number of nitrogens with one attached hydrogen (secondary N) is 1. The topological polar surface area (TPSA) is 115 Å². The summed E-state index contributed by atoms with van der Waals surface area (Å²) >= 11 is 0. The Hall–Kier alpha value is -3.02. The van der Waals surface area contributed by atoms with Crippen molar-refractivity contribution in [2.45, 2.75) is 83.0 Å². The molecule has 2 amide bonds. The second-order valence-electron chi connectivity index (χ2n) is 11.5. The van der Waals surface area contributed by atoms with Crippen LogP contribution in [0.3, 0.4) is 0 Å². The molecule has 38 heavy (non-hydrogen) atoms. The van der Waals surface area contributed by atoms with Crippen LogP contribution in [0.1, 0.15) is 65.0 Å². The van der Waals surface area contributed by atoms with E-state index in [9.17, 15) is 22.8 Å². The number of rotatable bonds is 8. The molecule has 1 aliphatic carbocycles. The van der Waals surface area contributed by atoms with Crippen molar-refractivity contribution in [1.29, 1.82) is 0 Å². The van der Waals surface area contributed by atoms with Gasteiger partial charge in [0.1, 0.15) is 17.1 Å². The van der Waals surface area contributed by atoms with E-state index in [0.717, 1.165) is 0 Å². The Balaban J connectivity index is 1.50. The second-order valence-corrected chi connectivity index (χ2v) is 11.5. The number of fused-ring (bicyclic) bond motifs is 1. The minimum atomic E-state index is -4.83. The van der Waals surface area contributed by atoms with E-state index < -0.39 is 29.3 Å². The molecule has 2 aliphatic heterocycles. The van der Waals surface area contributed by atoms with Crippen LogP contribution < -0.4 is 20.5 Å². The van der Waals surface area contributed by atoms with Crippen molar-refractivity contribution < 1.29 is 37.0 Å². The maximum Gasteiger partial charge on any atom is 0.573 e. The first kappa shape index (κ1) is 28.0. The zero-order chi connectivity index (χ0) is 28.0. The number of hydrogen-bond acceptors (Lipinski definition) is 7. The van der Waals surface area contributed by atoms with Gasteiger partial charge in [0.15, 0.2) is 5.96 Å². The van der Waals surface area contributed by atoms with Crippen LogP contribution in [0.4, 0.5) is 13.2 Å². The van der Waals surface area contributed by atoms with Crippen molar-refractivity contribution in [3.05, 3.63) is 23.8 Å². The van der Waals surface area contributed by atoms with Gasteiger partial charge >= 0.3 is 6.36 Å². The van der Waals surface area contributed by atoms with Gasteiger partial charge < -0.3 is 25.3 Å². The zero-order valence-electron chi connectivity index (χ0n) is 22.2. The fourth-order valence-electron chi connectivity index (χ4n) is 5.49. The first-order valence-corrected chi connectivity index (χ1v) is 12.6. The van der Waals surface area contributed by atoms with Crippen LogP contribution >= 0.6 is 0 Å². The molecule has 3 aliphatic rings. The molecule has 4 rings (SSSR count). The summed E-state index contributed by atoms with van der Waals surface area (Å²) in [5, 5.41) is 3.06. The SMILES string of the molecule is COCC[C@H]([C@@H]1C[C@H]1C(=O)NC1CC(C)(C)Oc2cc(OC(F)(F)F)ccc21)N1C(=O)CC(C)(C)N=C1N. The van der Waals surface area contributed by atoms with Gasteiger partial charge in [-0.25, -0.2) is 4.99 Å². The van der Waals surface area contributed by atoms with Crippen LogP contribution in [0.5, 0.6) is 11.5 Å². The molecular weight excluding hydrogens is 505 g/mol. The molecule has 0 radical (unpaired) electrons. The van der Waals surface area contributed by atoms with E-state index >= 15 is 0 Å². The summed E-state index contributed by atoms with van der Waals surface area (Å²) in [7, 11) is 1.57. The molecule has 3 N–H and O–H groups in total. The average molecular weight is 541 g/mol. The molecule has 0 aromatic heterocycles. The molecule has 2 heterocycles. The molecule has 4 atom stereocenters.